The maximum absolute atomic E-state index is 10.7. The molecule has 0 amide bonds. The summed E-state index contributed by atoms with van der Waals surface area (Å²) >= 11 is 1.18. The van der Waals surface area contributed by atoms with Gasteiger partial charge in [-0.25, -0.2) is 8.42 Å². The van der Waals surface area contributed by atoms with Crippen molar-refractivity contribution in [1.82, 2.24) is 0 Å². The zero-order valence-corrected chi connectivity index (χ0v) is 9.32. The Morgan fingerprint density at radius 3 is 2.38 bits per heavy atom. The summed E-state index contributed by atoms with van der Waals surface area (Å²) in [6, 6.07) is 0. The van der Waals surface area contributed by atoms with Gasteiger partial charge in [-0.3, -0.25) is 4.79 Å². The van der Waals surface area contributed by atoms with Crippen LogP contribution in [-0.4, -0.2) is 42.5 Å². The SMILES string of the molecule is CCC(SCCS(C)(=O)=O)C(=O)O. The second-order valence-electron chi connectivity index (χ2n) is 2.74. The highest BCUT2D eigenvalue weighted by Gasteiger charge is 2.15. The highest BCUT2D eigenvalue weighted by Crippen LogP contribution is 2.14. The monoisotopic (exact) mass is 226 g/mol. The van der Waals surface area contributed by atoms with E-state index in [1.165, 1.54) is 11.8 Å². The Morgan fingerprint density at radius 1 is 1.54 bits per heavy atom. The van der Waals surface area contributed by atoms with Crippen LogP contribution >= 0.6 is 11.8 Å². The lowest BCUT2D eigenvalue weighted by atomic mass is 10.3. The molecule has 0 aromatic carbocycles. The molecule has 0 spiro atoms. The van der Waals surface area contributed by atoms with Gasteiger partial charge in [-0.15, -0.1) is 11.8 Å². The van der Waals surface area contributed by atoms with Crippen molar-refractivity contribution >= 4 is 27.6 Å². The number of carboxylic acids is 1. The van der Waals surface area contributed by atoms with Gasteiger partial charge in [0, 0.05) is 12.0 Å². The van der Waals surface area contributed by atoms with Crippen LogP contribution in [0, 0.1) is 0 Å². The molecule has 1 N–H and O–H groups in total. The molecule has 0 aliphatic rings. The van der Waals surface area contributed by atoms with Crippen LogP contribution in [0.2, 0.25) is 0 Å². The maximum atomic E-state index is 10.7. The third-order valence-electron chi connectivity index (χ3n) is 1.42. The Hall–Kier alpha value is -0.230. The van der Waals surface area contributed by atoms with E-state index in [1.807, 2.05) is 0 Å². The van der Waals surface area contributed by atoms with E-state index >= 15 is 0 Å². The topological polar surface area (TPSA) is 71.4 Å². The van der Waals surface area contributed by atoms with Crippen LogP contribution in [0.3, 0.4) is 0 Å². The summed E-state index contributed by atoms with van der Waals surface area (Å²) in [5.41, 5.74) is 0. The highest BCUT2D eigenvalue weighted by molar-refractivity contribution is 8.01. The molecular weight excluding hydrogens is 212 g/mol. The number of hydrogen-bond acceptors (Lipinski definition) is 4. The van der Waals surface area contributed by atoms with Crippen molar-refractivity contribution in [2.24, 2.45) is 0 Å². The van der Waals surface area contributed by atoms with Crippen LogP contribution in [0.5, 0.6) is 0 Å². The average molecular weight is 226 g/mol. The fourth-order valence-electron chi connectivity index (χ4n) is 0.706. The predicted octanol–water partition coefficient (Wildman–Crippen LogP) is 0.627. The van der Waals surface area contributed by atoms with Crippen LogP contribution in [0.15, 0.2) is 0 Å². The fraction of sp³-hybridized carbons (Fsp3) is 0.857. The number of sulfone groups is 1. The van der Waals surface area contributed by atoms with Gasteiger partial charge in [0.1, 0.15) is 15.1 Å². The Kier molecular flexibility index (Phi) is 5.39. The average Bonchev–Trinajstić information content (AvgIpc) is 1.95. The molecule has 0 bridgehead atoms. The summed E-state index contributed by atoms with van der Waals surface area (Å²) < 4.78 is 21.4. The lowest BCUT2D eigenvalue weighted by Crippen LogP contribution is -2.17. The van der Waals surface area contributed by atoms with Crippen LogP contribution in [0.25, 0.3) is 0 Å². The molecule has 0 saturated carbocycles. The number of carboxylic acid groups (broad SMARTS) is 1. The standard InChI is InChI=1S/C7H14O4S2/c1-3-6(7(8)9)12-4-5-13(2,10)11/h6H,3-5H2,1-2H3,(H,8,9). The first-order valence-electron chi connectivity index (χ1n) is 3.89. The van der Waals surface area contributed by atoms with Gasteiger partial charge in [-0.2, -0.15) is 0 Å². The normalized spacial score (nSPS) is 14.0. The van der Waals surface area contributed by atoms with Gasteiger partial charge in [0.05, 0.1) is 5.75 Å². The smallest absolute Gasteiger partial charge is 0.316 e. The molecule has 0 saturated heterocycles. The first-order chi connectivity index (χ1) is 5.87. The minimum absolute atomic E-state index is 0.0431. The summed E-state index contributed by atoms with van der Waals surface area (Å²) in [6.45, 7) is 1.77. The molecule has 13 heavy (non-hydrogen) atoms. The lowest BCUT2D eigenvalue weighted by molar-refractivity contribution is -0.136. The van der Waals surface area contributed by atoms with E-state index in [9.17, 15) is 13.2 Å². The second kappa shape index (κ2) is 5.49. The highest BCUT2D eigenvalue weighted by atomic mass is 32.2. The van der Waals surface area contributed by atoms with Crippen molar-refractivity contribution in [3.63, 3.8) is 0 Å². The van der Waals surface area contributed by atoms with E-state index in [4.69, 9.17) is 5.11 Å². The van der Waals surface area contributed by atoms with E-state index in [-0.39, 0.29) is 5.75 Å². The molecule has 1 atom stereocenters. The van der Waals surface area contributed by atoms with Crippen LogP contribution in [-0.2, 0) is 14.6 Å². The van der Waals surface area contributed by atoms with Crippen LogP contribution < -0.4 is 0 Å². The first-order valence-corrected chi connectivity index (χ1v) is 7.00. The molecule has 0 rings (SSSR count). The molecule has 0 aromatic heterocycles. The van der Waals surface area contributed by atoms with Crippen molar-refractivity contribution in [3.05, 3.63) is 0 Å². The summed E-state index contributed by atoms with van der Waals surface area (Å²) in [6.07, 6.45) is 1.67. The second-order valence-corrected chi connectivity index (χ2v) is 6.31. The molecule has 0 aliphatic heterocycles. The maximum Gasteiger partial charge on any atom is 0.316 e. The van der Waals surface area contributed by atoms with Crippen molar-refractivity contribution in [2.75, 3.05) is 17.8 Å². The summed E-state index contributed by atoms with van der Waals surface area (Å²) in [7, 11) is -2.97. The molecule has 0 aliphatic carbocycles. The Bertz CT molecular complexity index is 258. The minimum atomic E-state index is -2.97. The van der Waals surface area contributed by atoms with Gasteiger partial charge in [-0.05, 0) is 6.42 Å². The Labute approximate surface area is 82.6 Å². The summed E-state index contributed by atoms with van der Waals surface area (Å²) in [4.78, 5) is 10.5. The molecule has 6 heteroatoms. The van der Waals surface area contributed by atoms with E-state index in [0.717, 1.165) is 6.26 Å². The third kappa shape index (κ3) is 6.89. The van der Waals surface area contributed by atoms with E-state index in [1.54, 1.807) is 6.92 Å². The summed E-state index contributed by atoms with van der Waals surface area (Å²) in [5.74, 6) is -0.480. The molecule has 0 aromatic rings. The third-order valence-corrected chi connectivity index (χ3v) is 4.00. The molecule has 4 nitrogen and oxygen atoms in total. The van der Waals surface area contributed by atoms with Crippen LogP contribution in [0.4, 0.5) is 0 Å². The van der Waals surface area contributed by atoms with Gasteiger partial charge >= 0.3 is 5.97 Å². The Morgan fingerprint density at radius 2 is 2.08 bits per heavy atom. The Balaban J connectivity index is 3.81. The molecule has 0 fully saturated rings. The zero-order valence-electron chi connectivity index (χ0n) is 7.69. The number of rotatable bonds is 6. The van der Waals surface area contributed by atoms with Gasteiger partial charge in [0.25, 0.3) is 0 Å². The lowest BCUT2D eigenvalue weighted by Gasteiger charge is -2.07. The van der Waals surface area contributed by atoms with Crippen molar-refractivity contribution in [3.8, 4) is 0 Å². The number of hydrogen-bond donors (Lipinski definition) is 1. The van der Waals surface area contributed by atoms with Crippen molar-refractivity contribution < 1.29 is 18.3 Å². The quantitative estimate of drug-likeness (QED) is 0.719. The number of thioether (sulfide) groups is 1. The molecule has 0 radical (unpaired) electrons. The van der Waals surface area contributed by atoms with E-state index < -0.39 is 21.1 Å². The van der Waals surface area contributed by atoms with E-state index in [2.05, 4.69) is 0 Å². The van der Waals surface area contributed by atoms with Crippen LogP contribution in [0.1, 0.15) is 13.3 Å². The van der Waals surface area contributed by atoms with Gasteiger partial charge in [-0.1, -0.05) is 6.92 Å². The molecule has 0 heterocycles. The van der Waals surface area contributed by atoms with Gasteiger partial charge < -0.3 is 5.11 Å². The van der Waals surface area contributed by atoms with Crippen molar-refractivity contribution in [2.45, 2.75) is 18.6 Å². The predicted molar refractivity (Wildman–Crippen MR) is 53.9 cm³/mol. The molecule has 1 unspecified atom stereocenters. The number of carbonyl (C=O) groups is 1. The van der Waals surface area contributed by atoms with E-state index in [0.29, 0.717) is 12.2 Å². The van der Waals surface area contributed by atoms with Gasteiger partial charge in [0.15, 0.2) is 0 Å². The molecule has 78 valence electrons. The number of aliphatic carboxylic acids is 1. The zero-order chi connectivity index (χ0) is 10.5. The summed E-state index contributed by atoms with van der Waals surface area (Å²) in [5, 5.41) is 8.15. The van der Waals surface area contributed by atoms with Gasteiger partial charge in [0.2, 0.25) is 0 Å². The molecular formula is C7H14O4S2. The fourth-order valence-corrected chi connectivity index (χ4v) is 2.96. The largest absolute Gasteiger partial charge is 0.480 e. The van der Waals surface area contributed by atoms with Crippen molar-refractivity contribution in [1.29, 1.82) is 0 Å². The first kappa shape index (κ1) is 12.8. The minimum Gasteiger partial charge on any atom is -0.480 e.